The fraction of sp³-hybridized carbons (Fsp3) is 0.491. The molecule has 0 spiro atoms. The second-order valence-electron chi connectivity index (χ2n) is 20.5. The summed E-state index contributed by atoms with van der Waals surface area (Å²) < 4.78 is 60.3. The van der Waals surface area contributed by atoms with Crippen LogP contribution in [0, 0.1) is 20.8 Å². The minimum absolute atomic E-state index is 0.0263. The Morgan fingerprint density at radius 3 is 1.32 bits per heavy atom. The number of rotatable bonds is 13. The Morgan fingerprint density at radius 1 is 0.616 bits per heavy atom. The molecule has 4 N–H and O–H groups in total. The zero-order chi connectivity index (χ0) is 54.8. The molecule has 13 nitrogen and oxygen atoms in total. The Balaban J connectivity index is 0.000000225. The molecule has 1 fully saturated rings. The maximum Gasteiger partial charge on any atom is 0.494 e. The number of nitrogens with one attached hydrogen (secondary N) is 2. The van der Waals surface area contributed by atoms with Crippen LogP contribution in [0.3, 0.4) is 0 Å². The third-order valence-electron chi connectivity index (χ3n) is 12.1. The number of halogens is 1. The molecule has 0 unspecified atom stereocenters. The van der Waals surface area contributed by atoms with Gasteiger partial charge in [-0.3, -0.25) is 0 Å². The van der Waals surface area contributed by atoms with Gasteiger partial charge in [0.15, 0.2) is 0 Å². The van der Waals surface area contributed by atoms with Crippen molar-refractivity contribution in [1.29, 1.82) is 0 Å². The number of aryl methyl sites for hydroxylation is 3. The normalized spacial score (nSPS) is 16.0. The maximum absolute atomic E-state index is 12.4. The van der Waals surface area contributed by atoms with Crippen molar-refractivity contribution in [2.45, 2.75) is 150 Å². The molecule has 0 saturated carbocycles. The van der Waals surface area contributed by atoms with Crippen molar-refractivity contribution in [3.63, 3.8) is 0 Å². The average Bonchev–Trinajstić information content (AvgIpc) is 4.11. The number of thiazole rings is 3. The van der Waals surface area contributed by atoms with Crippen LogP contribution in [-0.4, -0.2) is 72.5 Å². The van der Waals surface area contributed by atoms with Crippen LogP contribution in [-0.2, 0) is 31.3 Å². The topological polar surface area (TPSA) is 169 Å². The van der Waals surface area contributed by atoms with Gasteiger partial charge in [-0.25, -0.2) is 32.8 Å². The molecule has 0 amide bonds. The molecule has 73 heavy (non-hydrogen) atoms. The van der Waals surface area contributed by atoms with Crippen molar-refractivity contribution in [2.75, 3.05) is 21.3 Å². The smallest absolute Gasteiger partial charge is 0.494 e. The van der Waals surface area contributed by atoms with Crippen LogP contribution in [0.2, 0.25) is 0 Å². The number of benzene rings is 3. The van der Waals surface area contributed by atoms with E-state index < -0.39 is 29.1 Å². The maximum atomic E-state index is 12.4. The quantitative estimate of drug-likeness (QED) is 0.0941. The van der Waals surface area contributed by atoms with Crippen LogP contribution in [0.4, 0.5) is 0 Å². The highest BCUT2D eigenvalue weighted by molar-refractivity contribution is 9.11. The lowest BCUT2D eigenvalue weighted by Crippen LogP contribution is -2.41. The largest absolute Gasteiger partial charge is 0.496 e. The number of hydrogen-bond acceptors (Lipinski definition) is 14. The van der Waals surface area contributed by atoms with Gasteiger partial charge in [0, 0.05) is 34.8 Å². The van der Waals surface area contributed by atoms with E-state index in [2.05, 4.69) is 52.5 Å². The first-order valence-electron chi connectivity index (χ1n) is 23.8. The third-order valence-corrected chi connectivity index (χ3v) is 19.2. The van der Waals surface area contributed by atoms with E-state index >= 15 is 0 Å². The average molecular weight is 1160 g/mol. The number of nitrogens with zero attached hydrogens (tertiary/aromatic N) is 3. The Morgan fingerprint density at radius 2 is 0.986 bits per heavy atom. The molecule has 4 heterocycles. The van der Waals surface area contributed by atoms with Gasteiger partial charge < -0.3 is 29.3 Å². The van der Waals surface area contributed by atoms with Crippen molar-refractivity contribution in [3.05, 3.63) is 109 Å². The number of ether oxygens (including phenoxy) is 3. The van der Waals surface area contributed by atoms with E-state index in [0.29, 0.717) is 0 Å². The summed E-state index contributed by atoms with van der Waals surface area (Å²) in [7, 11) is 2.25. The molecule has 0 aliphatic carbocycles. The van der Waals surface area contributed by atoms with E-state index in [0.717, 1.165) is 76.3 Å². The van der Waals surface area contributed by atoms with Crippen molar-refractivity contribution in [1.82, 2.24) is 24.4 Å². The lowest BCUT2D eigenvalue weighted by molar-refractivity contribution is 0.00578. The van der Waals surface area contributed by atoms with Gasteiger partial charge in [-0.1, -0.05) is 36.4 Å². The molecule has 0 bridgehead atoms. The number of methoxy groups -OCH3 is 3. The third kappa shape index (κ3) is 16.8. The fourth-order valence-corrected chi connectivity index (χ4v) is 11.0. The van der Waals surface area contributed by atoms with Gasteiger partial charge in [0.2, 0.25) is 0 Å². The summed E-state index contributed by atoms with van der Waals surface area (Å²) in [6.07, 6.45) is 0. The molecule has 1 saturated heterocycles. The molecule has 1 aliphatic rings. The first-order valence-corrected chi connectivity index (χ1v) is 29.6. The predicted octanol–water partition coefficient (Wildman–Crippen LogP) is 12.7. The zero-order valence-electron chi connectivity index (χ0n) is 45.9. The fourth-order valence-electron chi connectivity index (χ4n) is 6.90. The van der Waals surface area contributed by atoms with E-state index in [9.17, 15) is 8.42 Å². The minimum atomic E-state index is -1.16. The van der Waals surface area contributed by atoms with E-state index in [4.69, 9.17) is 29.3 Å². The van der Waals surface area contributed by atoms with Gasteiger partial charge in [0.25, 0.3) is 0 Å². The number of nitrogens with two attached hydrogens (primary N) is 1. The van der Waals surface area contributed by atoms with Crippen LogP contribution in [0.5, 0.6) is 17.2 Å². The van der Waals surface area contributed by atoms with E-state index in [1.165, 1.54) is 4.88 Å². The minimum Gasteiger partial charge on any atom is -0.496 e. The van der Waals surface area contributed by atoms with Gasteiger partial charge in [-0.05, 0) is 161 Å². The van der Waals surface area contributed by atoms with Crippen LogP contribution in [0.25, 0.3) is 20.9 Å². The zero-order valence-corrected chi connectivity index (χ0v) is 51.6. The van der Waals surface area contributed by atoms with Gasteiger partial charge in [-0.15, -0.1) is 34.0 Å². The first-order chi connectivity index (χ1) is 34.0. The van der Waals surface area contributed by atoms with Gasteiger partial charge in [-0.2, -0.15) is 0 Å². The summed E-state index contributed by atoms with van der Waals surface area (Å²) in [6.45, 7) is 31.8. The van der Waals surface area contributed by atoms with Crippen LogP contribution in [0.15, 0.2) is 74.9 Å². The van der Waals surface area contributed by atoms with Crippen molar-refractivity contribution < 1.29 is 31.9 Å². The molecular weight excluding hydrogens is 1080 g/mol. The Bertz CT molecular complexity index is 2750. The Kier molecular flexibility index (Phi) is 22.6. The second kappa shape index (κ2) is 26.6. The molecule has 3 aromatic carbocycles. The van der Waals surface area contributed by atoms with Crippen molar-refractivity contribution in [2.24, 2.45) is 5.73 Å². The van der Waals surface area contributed by atoms with Gasteiger partial charge in [0.1, 0.15) is 17.2 Å². The summed E-state index contributed by atoms with van der Waals surface area (Å²) >= 11 is 8.19. The molecule has 20 heteroatoms. The summed E-state index contributed by atoms with van der Waals surface area (Å²) in [6, 6.07) is 17.9. The summed E-state index contributed by atoms with van der Waals surface area (Å²) in [4.78, 5) is 14.9. The van der Waals surface area contributed by atoms with Gasteiger partial charge >= 0.3 is 7.12 Å². The van der Waals surface area contributed by atoms with Crippen LogP contribution in [0.1, 0.15) is 142 Å². The molecule has 6 aromatic rings. The predicted molar refractivity (Wildman–Crippen MR) is 312 cm³/mol. The molecule has 0 radical (unpaired) electrons. The number of hydrogen-bond donors (Lipinski definition) is 3. The van der Waals surface area contributed by atoms with E-state index in [-0.39, 0.29) is 38.8 Å². The highest BCUT2D eigenvalue weighted by Gasteiger charge is 2.52. The molecule has 1 aliphatic heterocycles. The van der Waals surface area contributed by atoms with E-state index in [1.54, 1.807) is 55.3 Å². The van der Waals surface area contributed by atoms with Gasteiger partial charge in [0.05, 0.1) is 111 Å². The monoisotopic (exact) mass is 1160 g/mol. The SMILES string of the molecule is COc1cc(-c2scnc2C)ccc1[C@H](C)N.COc1cc(-c2scnc2C)ccc1[C@H](C)N[S@](=O)C(C)(C)C.COc1cc(B2OC(C)(C)C(C)(C)O2)ccc1[C@H](C)N[S@](=O)C(C)(C)C.Cc1ncsc1Br. The molecule has 400 valence electrons. The summed E-state index contributed by atoms with van der Waals surface area (Å²) in [5.74, 6) is 2.36. The molecular formula is C53H76BBrN6O7S5. The van der Waals surface area contributed by atoms with Crippen LogP contribution < -0.4 is 34.9 Å². The highest BCUT2D eigenvalue weighted by atomic mass is 79.9. The van der Waals surface area contributed by atoms with Crippen molar-refractivity contribution >= 4 is 84.5 Å². The summed E-state index contributed by atoms with van der Waals surface area (Å²) in [5, 5.41) is 0. The lowest BCUT2D eigenvalue weighted by atomic mass is 9.78. The standard InChI is InChI=1S/C19H32BNO4S.C17H24N2O2S2.C13H16N2OS.C4H4BrNS/c1-13(21-26(22)17(2,3)4)15-11-10-14(12-16(15)23-9)20-24-18(5,6)19(7,8)25-20;1-11(19-23(20)17(3,4)5)14-8-7-13(9-15(14)21-6)16-12(2)18-10-22-16;1-8(14)11-5-4-10(6-12(11)16-3)13-9(2)15-7-17-13;1-3-4(5)7-2-6-3/h10-13,21H,1-9H3;7-11,19H,1-6H3;4-8H,14H2,1-3H3;2H,1H3/t13-,26+;11-,23+;8-;/m000./s1. The molecule has 3 aromatic heterocycles. The summed E-state index contributed by atoms with van der Waals surface area (Å²) in [5.41, 5.74) is 19.9. The lowest BCUT2D eigenvalue weighted by Gasteiger charge is -2.32. The Labute approximate surface area is 461 Å². The number of aromatic nitrogens is 3. The van der Waals surface area contributed by atoms with E-state index in [1.807, 2.05) is 170 Å². The second-order valence-corrected chi connectivity index (χ2v) is 28.4. The first kappa shape index (κ1) is 62.1. The van der Waals surface area contributed by atoms with Crippen molar-refractivity contribution in [3.8, 4) is 38.1 Å². The highest BCUT2D eigenvalue weighted by Crippen LogP contribution is 2.38. The Hall–Kier alpha value is -3.41. The van der Waals surface area contributed by atoms with Crippen LogP contribution >= 0.6 is 49.9 Å². The molecule has 5 atom stereocenters. The molecule has 7 rings (SSSR count).